The average molecular weight is 333 g/mol. The van der Waals surface area contributed by atoms with Crippen LogP contribution in [0.2, 0.25) is 5.15 Å². The van der Waals surface area contributed by atoms with Gasteiger partial charge in [-0.15, -0.1) is 11.3 Å². The third kappa shape index (κ3) is 3.03. The lowest BCUT2D eigenvalue weighted by Crippen LogP contribution is -2.02. The Morgan fingerprint density at radius 2 is 2.18 bits per heavy atom. The molecule has 2 aromatic heterocycles. The van der Waals surface area contributed by atoms with Gasteiger partial charge in [0.05, 0.1) is 15.7 Å². The Hall–Kier alpha value is -0.520. The zero-order chi connectivity index (χ0) is 12.4. The highest BCUT2D eigenvalue weighted by molar-refractivity contribution is 9.10. The van der Waals surface area contributed by atoms with Crippen LogP contribution in [-0.2, 0) is 6.42 Å². The van der Waals surface area contributed by atoms with Crippen molar-refractivity contribution in [2.45, 2.75) is 20.3 Å². The summed E-state index contributed by atoms with van der Waals surface area (Å²) >= 11 is 11.0. The van der Waals surface area contributed by atoms with Crippen LogP contribution >= 0.6 is 38.9 Å². The van der Waals surface area contributed by atoms with Crippen molar-refractivity contribution in [3.05, 3.63) is 26.2 Å². The third-order valence-electron chi connectivity index (χ3n) is 2.14. The van der Waals surface area contributed by atoms with Crippen LogP contribution < -0.4 is 0 Å². The summed E-state index contributed by atoms with van der Waals surface area (Å²) in [5.74, 6) is 1.11. The lowest BCUT2D eigenvalue weighted by Gasteiger charge is -2.09. The van der Waals surface area contributed by atoms with E-state index in [4.69, 9.17) is 11.6 Å². The zero-order valence-electron chi connectivity index (χ0n) is 9.44. The van der Waals surface area contributed by atoms with Crippen LogP contribution in [0.25, 0.3) is 11.5 Å². The molecule has 0 N–H and O–H groups in total. The summed E-state index contributed by atoms with van der Waals surface area (Å²) in [6, 6.07) is 0. The molecule has 0 radical (unpaired) electrons. The predicted octanol–water partition coefficient (Wildman–Crippen LogP) is 4.21. The van der Waals surface area contributed by atoms with Crippen molar-refractivity contribution in [1.82, 2.24) is 15.0 Å². The molecule has 2 aromatic rings. The Kier molecular flexibility index (Phi) is 4.12. The normalized spacial score (nSPS) is 11.1. The Labute approximate surface area is 117 Å². The molecule has 0 saturated heterocycles. The lowest BCUT2D eigenvalue weighted by atomic mass is 10.1. The molecular formula is C11H11BrClN3S. The summed E-state index contributed by atoms with van der Waals surface area (Å²) in [4.78, 5) is 12.9. The molecule has 2 rings (SSSR count). The van der Waals surface area contributed by atoms with Crippen molar-refractivity contribution in [3.8, 4) is 11.5 Å². The van der Waals surface area contributed by atoms with Crippen molar-refractivity contribution < 1.29 is 0 Å². The Morgan fingerprint density at radius 1 is 1.41 bits per heavy atom. The van der Waals surface area contributed by atoms with E-state index in [1.165, 1.54) is 11.3 Å². The first-order chi connectivity index (χ1) is 8.08. The molecule has 3 nitrogen and oxygen atoms in total. The lowest BCUT2D eigenvalue weighted by molar-refractivity contribution is 0.632. The molecule has 0 fully saturated rings. The van der Waals surface area contributed by atoms with Gasteiger partial charge < -0.3 is 0 Å². The van der Waals surface area contributed by atoms with Crippen molar-refractivity contribution in [2.24, 2.45) is 5.92 Å². The maximum Gasteiger partial charge on any atom is 0.180 e. The topological polar surface area (TPSA) is 38.7 Å². The highest BCUT2D eigenvalue weighted by Gasteiger charge is 2.14. The second-order valence-corrected chi connectivity index (χ2v) is 5.94. The van der Waals surface area contributed by atoms with Gasteiger partial charge in [0, 0.05) is 5.38 Å². The summed E-state index contributed by atoms with van der Waals surface area (Å²) < 4.78 is 0.784. The van der Waals surface area contributed by atoms with Crippen LogP contribution in [0.15, 0.2) is 15.4 Å². The van der Waals surface area contributed by atoms with E-state index >= 15 is 0 Å². The van der Waals surface area contributed by atoms with Crippen LogP contribution in [-0.4, -0.2) is 15.0 Å². The molecule has 0 bridgehead atoms. The first kappa shape index (κ1) is 12.9. The van der Waals surface area contributed by atoms with Gasteiger partial charge in [0.15, 0.2) is 5.82 Å². The van der Waals surface area contributed by atoms with Gasteiger partial charge in [0.2, 0.25) is 0 Å². The Balaban J connectivity index is 2.46. The summed E-state index contributed by atoms with van der Waals surface area (Å²) in [6.07, 6.45) is 0.861. The quantitative estimate of drug-likeness (QED) is 0.790. The average Bonchev–Trinajstić information content (AvgIpc) is 2.77. The van der Waals surface area contributed by atoms with Gasteiger partial charge in [-0.25, -0.2) is 15.0 Å². The molecule has 0 aliphatic carbocycles. The van der Waals surface area contributed by atoms with Gasteiger partial charge in [0.1, 0.15) is 10.8 Å². The van der Waals surface area contributed by atoms with E-state index in [1.54, 1.807) is 5.51 Å². The van der Waals surface area contributed by atoms with Crippen LogP contribution in [0.3, 0.4) is 0 Å². The number of hydrogen-bond acceptors (Lipinski definition) is 4. The van der Waals surface area contributed by atoms with Gasteiger partial charge in [-0.2, -0.15) is 0 Å². The molecular weight excluding hydrogens is 322 g/mol. The van der Waals surface area contributed by atoms with Crippen LogP contribution in [0.5, 0.6) is 0 Å². The fourth-order valence-corrected chi connectivity index (χ4v) is 2.48. The predicted molar refractivity (Wildman–Crippen MR) is 74.4 cm³/mol. The van der Waals surface area contributed by atoms with Gasteiger partial charge in [0.25, 0.3) is 0 Å². The Bertz CT molecular complexity index is 514. The molecule has 0 aromatic carbocycles. The molecule has 0 aliphatic rings. The minimum Gasteiger partial charge on any atom is -0.241 e. The van der Waals surface area contributed by atoms with Crippen molar-refractivity contribution in [2.75, 3.05) is 0 Å². The number of rotatable bonds is 3. The largest absolute Gasteiger partial charge is 0.241 e. The summed E-state index contributed by atoms with van der Waals surface area (Å²) in [6.45, 7) is 4.29. The maximum atomic E-state index is 6.10. The summed E-state index contributed by atoms with van der Waals surface area (Å²) in [7, 11) is 0. The minimum absolute atomic E-state index is 0.443. The monoisotopic (exact) mass is 331 g/mol. The second kappa shape index (κ2) is 5.42. The number of hydrogen-bond donors (Lipinski definition) is 0. The molecule has 90 valence electrons. The number of halogens is 2. The van der Waals surface area contributed by atoms with E-state index in [9.17, 15) is 0 Å². The maximum absolute atomic E-state index is 6.10. The van der Waals surface area contributed by atoms with Gasteiger partial charge >= 0.3 is 0 Å². The van der Waals surface area contributed by atoms with E-state index in [-0.39, 0.29) is 0 Å². The highest BCUT2D eigenvalue weighted by Crippen LogP contribution is 2.28. The molecule has 0 unspecified atom stereocenters. The van der Waals surface area contributed by atoms with Gasteiger partial charge in [-0.1, -0.05) is 25.4 Å². The van der Waals surface area contributed by atoms with Gasteiger partial charge in [-0.05, 0) is 28.3 Å². The van der Waals surface area contributed by atoms with Crippen LogP contribution in [0, 0.1) is 5.92 Å². The zero-order valence-corrected chi connectivity index (χ0v) is 12.6. The number of thiazole rings is 1. The van der Waals surface area contributed by atoms with E-state index < -0.39 is 0 Å². The van der Waals surface area contributed by atoms with E-state index in [0.29, 0.717) is 16.9 Å². The second-order valence-electron chi connectivity index (χ2n) is 4.07. The first-order valence-corrected chi connectivity index (χ1v) is 7.29. The molecule has 2 heterocycles. The van der Waals surface area contributed by atoms with Crippen molar-refractivity contribution >= 4 is 38.9 Å². The molecule has 17 heavy (non-hydrogen) atoms. The fourth-order valence-electron chi connectivity index (χ4n) is 1.42. The SMILES string of the molecule is CC(C)Cc1nc(-c2cscn2)nc(Cl)c1Br. The summed E-state index contributed by atoms with van der Waals surface area (Å²) in [5, 5.41) is 2.36. The number of aromatic nitrogens is 3. The number of nitrogens with zero attached hydrogens (tertiary/aromatic N) is 3. The van der Waals surface area contributed by atoms with Crippen molar-refractivity contribution in [3.63, 3.8) is 0 Å². The first-order valence-electron chi connectivity index (χ1n) is 5.18. The fraction of sp³-hybridized carbons (Fsp3) is 0.364. The van der Waals surface area contributed by atoms with Crippen LogP contribution in [0.4, 0.5) is 0 Å². The summed E-state index contributed by atoms with van der Waals surface area (Å²) in [5.41, 5.74) is 3.47. The van der Waals surface area contributed by atoms with E-state index in [1.807, 2.05) is 5.38 Å². The Morgan fingerprint density at radius 3 is 2.76 bits per heavy atom. The highest BCUT2D eigenvalue weighted by atomic mass is 79.9. The van der Waals surface area contributed by atoms with E-state index in [2.05, 4.69) is 44.7 Å². The van der Waals surface area contributed by atoms with Crippen LogP contribution in [0.1, 0.15) is 19.5 Å². The molecule has 0 spiro atoms. The molecule has 0 atom stereocenters. The molecule has 6 heteroatoms. The minimum atomic E-state index is 0.443. The standard InChI is InChI=1S/C11H11BrClN3S/c1-6(2)3-7-9(12)10(13)16-11(15-7)8-4-17-5-14-8/h4-6H,3H2,1-2H3. The smallest absolute Gasteiger partial charge is 0.180 e. The third-order valence-corrected chi connectivity index (χ3v) is 4.06. The van der Waals surface area contributed by atoms with Gasteiger partial charge in [-0.3, -0.25) is 0 Å². The molecule has 0 aliphatic heterocycles. The molecule has 0 amide bonds. The van der Waals surface area contributed by atoms with Crippen molar-refractivity contribution in [1.29, 1.82) is 0 Å². The van der Waals surface area contributed by atoms with E-state index in [0.717, 1.165) is 22.3 Å². The molecule has 0 saturated carbocycles.